The van der Waals surface area contributed by atoms with Gasteiger partial charge in [-0.2, -0.15) is 0 Å². The number of rotatable bonds is 8. The lowest BCUT2D eigenvalue weighted by Crippen LogP contribution is -2.27. The highest BCUT2D eigenvalue weighted by atomic mass is 32.2. The molecule has 0 atom stereocenters. The van der Waals surface area contributed by atoms with Crippen LogP contribution in [0.1, 0.15) is 17.5 Å². The fourth-order valence-corrected chi connectivity index (χ4v) is 4.32. The molecule has 0 spiro atoms. The van der Waals surface area contributed by atoms with Crippen LogP contribution in [0.15, 0.2) is 88.8 Å². The van der Waals surface area contributed by atoms with Gasteiger partial charge in [-0.15, -0.1) is 0 Å². The van der Waals surface area contributed by atoms with Crippen LogP contribution in [0.25, 0.3) is 16.6 Å². The number of amides is 1. The van der Waals surface area contributed by atoms with Gasteiger partial charge in [0.25, 0.3) is 5.56 Å². The van der Waals surface area contributed by atoms with Crippen molar-refractivity contribution in [3.05, 3.63) is 100 Å². The Morgan fingerprint density at radius 1 is 0.969 bits per heavy atom. The maximum absolute atomic E-state index is 13.2. The second-order valence-corrected chi connectivity index (χ2v) is 8.56. The van der Waals surface area contributed by atoms with Crippen molar-refractivity contribution < 1.29 is 4.79 Å². The molecule has 1 heterocycles. The van der Waals surface area contributed by atoms with Crippen molar-refractivity contribution in [2.75, 3.05) is 12.3 Å². The summed E-state index contributed by atoms with van der Waals surface area (Å²) < 4.78 is 1.59. The molecule has 0 saturated heterocycles. The predicted octanol–water partition coefficient (Wildman–Crippen LogP) is 4.54. The van der Waals surface area contributed by atoms with E-state index < -0.39 is 0 Å². The molecule has 1 N–H and O–H groups in total. The zero-order chi connectivity index (χ0) is 22.3. The topological polar surface area (TPSA) is 64.0 Å². The number of carbonyl (C=O) groups excluding carboxylic acids is 1. The van der Waals surface area contributed by atoms with Crippen LogP contribution in [0.5, 0.6) is 0 Å². The van der Waals surface area contributed by atoms with Crippen LogP contribution in [-0.2, 0) is 11.2 Å². The Balaban J connectivity index is 1.47. The number of carbonyl (C=O) groups is 1. The van der Waals surface area contributed by atoms with Gasteiger partial charge in [0.15, 0.2) is 5.16 Å². The molecule has 4 aromatic rings. The number of para-hydroxylation sites is 1. The normalized spacial score (nSPS) is 10.9. The molecular formula is C26H25N3O2S. The second-order valence-electron chi connectivity index (χ2n) is 7.62. The summed E-state index contributed by atoms with van der Waals surface area (Å²) in [6, 6.07) is 25.3. The maximum atomic E-state index is 13.2. The molecule has 0 aliphatic heterocycles. The van der Waals surface area contributed by atoms with E-state index in [0.29, 0.717) is 22.6 Å². The molecule has 5 nitrogen and oxygen atoms in total. The Bertz CT molecular complexity index is 1270. The first-order valence-electron chi connectivity index (χ1n) is 10.6. The van der Waals surface area contributed by atoms with E-state index >= 15 is 0 Å². The van der Waals surface area contributed by atoms with Crippen molar-refractivity contribution in [2.45, 2.75) is 24.9 Å². The average Bonchev–Trinajstić information content (AvgIpc) is 2.82. The molecule has 162 valence electrons. The molecule has 0 unspecified atom stereocenters. The molecular weight excluding hydrogens is 418 g/mol. The third-order valence-corrected chi connectivity index (χ3v) is 6.12. The van der Waals surface area contributed by atoms with Gasteiger partial charge in [0.1, 0.15) is 0 Å². The number of hydrogen-bond acceptors (Lipinski definition) is 4. The molecule has 0 aliphatic carbocycles. The summed E-state index contributed by atoms with van der Waals surface area (Å²) in [7, 11) is 0. The van der Waals surface area contributed by atoms with Gasteiger partial charge in [0.05, 0.1) is 22.3 Å². The number of aryl methyl sites for hydroxylation is 2. The SMILES string of the molecule is Cc1ccc(-n2c(SCC(=O)NCCCc3ccccc3)nc3ccccc3c2=O)cc1. The van der Waals surface area contributed by atoms with Crippen molar-refractivity contribution in [3.8, 4) is 5.69 Å². The van der Waals surface area contributed by atoms with Gasteiger partial charge in [-0.25, -0.2) is 4.98 Å². The summed E-state index contributed by atoms with van der Waals surface area (Å²) in [5.41, 5.74) is 3.61. The molecule has 4 rings (SSSR count). The van der Waals surface area contributed by atoms with Gasteiger partial charge >= 0.3 is 0 Å². The summed E-state index contributed by atoms with van der Waals surface area (Å²) in [6.45, 7) is 2.62. The van der Waals surface area contributed by atoms with Crippen LogP contribution in [0.4, 0.5) is 0 Å². The number of nitrogens with zero attached hydrogens (tertiary/aromatic N) is 2. The van der Waals surface area contributed by atoms with E-state index in [1.165, 1.54) is 17.3 Å². The van der Waals surface area contributed by atoms with Gasteiger partial charge < -0.3 is 5.32 Å². The van der Waals surface area contributed by atoms with Crippen LogP contribution in [0.3, 0.4) is 0 Å². The predicted molar refractivity (Wildman–Crippen MR) is 131 cm³/mol. The molecule has 1 aromatic heterocycles. The molecule has 3 aromatic carbocycles. The van der Waals surface area contributed by atoms with Gasteiger partial charge in [-0.1, -0.05) is 71.9 Å². The Labute approximate surface area is 191 Å². The molecule has 6 heteroatoms. The molecule has 0 fully saturated rings. The zero-order valence-electron chi connectivity index (χ0n) is 18.0. The number of thioether (sulfide) groups is 1. The largest absolute Gasteiger partial charge is 0.355 e. The Hall–Kier alpha value is -3.38. The fraction of sp³-hybridized carbons (Fsp3) is 0.192. The van der Waals surface area contributed by atoms with Crippen LogP contribution in [-0.4, -0.2) is 27.8 Å². The number of hydrogen-bond donors (Lipinski definition) is 1. The Morgan fingerprint density at radius 3 is 2.47 bits per heavy atom. The standard InChI is InChI=1S/C26H25N3O2S/c1-19-13-15-21(16-14-19)29-25(31)22-11-5-6-12-23(22)28-26(29)32-18-24(30)27-17-7-10-20-8-3-2-4-9-20/h2-6,8-9,11-16H,7,10,17-18H2,1H3,(H,27,30). The molecule has 1 amide bonds. The summed E-state index contributed by atoms with van der Waals surface area (Å²) >= 11 is 1.28. The van der Waals surface area contributed by atoms with Gasteiger partial charge in [0.2, 0.25) is 5.91 Å². The molecule has 0 aliphatic rings. The summed E-state index contributed by atoms with van der Waals surface area (Å²) in [5.74, 6) is 0.128. The van der Waals surface area contributed by atoms with Crippen molar-refractivity contribution >= 4 is 28.6 Å². The third kappa shape index (κ3) is 5.26. The van der Waals surface area contributed by atoms with Crippen molar-refractivity contribution in [1.82, 2.24) is 14.9 Å². The summed E-state index contributed by atoms with van der Waals surface area (Å²) in [5, 5.41) is 4.04. The van der Waals surface area contributed by atoms with Crippen LogP contribution in [0.2, 0.25) is 0 Å². The number of benzene rings is 3. The molecule has 32 heavy (non-hydrogen) atoms. The third-order valence-electron chi connectivity index (χ3n) is 5.18. The first kappa shape index (κ1) is 21.8. The van der Waals surface area contributed by atoms with Crippen molar-refractivity contribution in [1.29, 1.82) is 0 Å². The van der Waals surface area contributed by atoms with Crippen LogP contribution < -0.4 is 10.9 Å². The number of aromatic nitrogens is 2. The number of fused-ring (bicyclic) bond motifs is 1. The van der Waals surface area contributed by atoms with Crippen LogP contribution >= 0.6 is 11.8 Å². The maximum Gasteiger partial charge on any atom is 0.266 e. The summed E-state index contributed by atoms with van der Waals surface area (Å²) in [4.78, 5) is 30.3. The smallest absolute Gasteiger partial charge is 0.266 e. The fourth-order valence-electron chi connectivity index (χ4n) is 3.48. The highest BCUT2D eigenvalue weighted by Crippen LogP contribution is 2.21. The van der Waals surface area contributed by atoms with E-state index in [2.05, 4.69) is 22.4 Å². The highest BCUT2D eigenvalue weighted by molar-refractivity contribution is 7.99. The van der Waals surface area contributed by atoms with Gasteiger partial charge in [-0.05, 0) is 49.6 Å². The Kier molecular flexibility index (Phi) is 7.02. The highest BCUT2D eigenvalue weighted by Gasteiger charge is 2.14. The molecule has 0 radical (unpaired) electrons. The van der Waals surface area contributed by atoms with Crippen molar-refractivity contribution in [2.24, 2.45) is 0 Å². The number of nitrogens with one attached hydrogen (secondary N) is 1. The first-order valence-corrected chi connectivity index (χ1v) is 11.6. The zero-order valence-corrected chi connectivity index (χ0v) is 18.8. The van der Waals surface area contributed by atoms with E-state index in [1.807, 2.05) is 67.6 Å². The second kappa shape index (κ2) is 10.3. The first-order chi connectivity index (χ1) is 15.6. The van der Waals surface area contributed by atoms with Crippen molar-refractivity contribution in [3.63, 3.8) is 0 Å². The minimum atomic E-state index is -0.134. The van der Waals surface area contributed by atoms with E-state index in [-0.39, 0.29) is 17.2 Å². The van der Waals surface area contributed by atoms with E-state index in [9.17, 15) is 9.59 Å². The quantitative estimate of drug-likeness (QED) is 0.247. The monoisotopic (exact) mass is 443 g/mol. The minimum absolute atomic E-state index is 0.0686. The van der Waals surface area contributed by atoms with E-state index in [0.717, 1.165) is 24.1 Å². The lowest BCUT2D eigenvalue weighted by atomic mass is 10.1. The Morgan fingerprint density at radius 2 is 1.69 bits per heavy atom. The van der Waals surface area contributed by atoms with Gasteiger partial charge in [0, 0.05) is 6.54 Å². The van der Waals surface area contributed by atoms with E-state index in [1.54, 1.807) is 10.6 Å². The molecule has 0 bridgehead atoms. The average molecular weight is 444 g/mol. The summed E-state index contributed by atoms with van der Waals surface area (Å²) in [6.07, 6.45) is 1.80. The van der Waals surface area contributed by atoms with Crippen LogP contribution in [0, 0.1) is 6.92 Å². The van der Waals surface area contributed by atoms with E-state index in [4.69, 9.17) is 0 Å². The lowest BCUT2D eigenvalue weighted by Gasteiger charge is -2.13. The minimum Gasteiger partial charge on any atom is -0.355 e. The van der Waals surface area contributed by atoms with Gasteiger partial charge in [-0.3, -0.25) is 14.2 Å². The lowest BCUT2D eigenvalue weighted by molar-refractivity contribution is -0.118. The molecule has 0 saturated carbocycles.